The molecule has 0 saturated heterocycles. The number of aromatic nitrogens is 4. The number of carbonyl (C=O) groups excluding carboxylic acids is 4. The monoisotopic (exact) mass is 766 g/mol. The molecule has 0 bridgehead atoms. The molecule has 0 aliphatic carbocycles. The zero-order valence-corrected chi connectivity index (χ0v) is 26.4. The number of nitrogens with zero attached hydrogens (tertiary/aromatic N) is 6. The summed E-state index contributed by atoms with van der Waals surface area (Å²) in [6.07, 6.45) is 12.8. The second-order valence-electron chi connectivity index (χ2n) is 9.94. The Morgan fingerprint density at radius 1 is 0.550 bits per heavy atom. The highest BCUT2D eigenvalue weighted by Crippen LogP contribution is 2.37. The van der Waals surface area contributed by atoms with Crippen molar-refractivity contribution in [1.29, 1.82) is 0 Å². The number of aryl methyl sites for hydroxylation is 4. The maximum absolute atomic E-state index is 13.4. The summed E-state index contributed by atoms with van der Waals surface area (Å²) in [6.45, 7) is 1.88. The number of halogens is 2. The lowest BCUT2D eigenvalue weighted by Crippen LogP contribution is -3.00. The summed E-state index contributed by atoms with van der Waals surface area (Å²) in [4.78, 5) is 56.2. The van der Waals surface area contributed by atoms with E-state index in [1.807, 2.05) is 69.8 Å². The quantitative estimate of drug-likeness (QED) is 0.103. The van der Waals surface area contributed by atoms with Gasteiger partial charge in [-0.1, -0.05) is 0 Å². The predicted molar refractivity (Wildman–Crippen MR) is 135 cm³/mol. The molecule has 208 valence electrons. The largest absolute Gasteiger partial charge is 1.00 e. The molecule has 0 N–H and O–H groups in total. The third kappa shape index (κ3) is 5.06. The maximum Gasteiger partial charge on any atom is 0.261 e. The molecule has 4 heterocycles. The fraction of sp³-hybridized carbons (Fsp3) is 0.286. The van der Waals surface area contributed by atoms with E-state index in [-0.39, 0.29) is 61.0 Å². The minimum absolute atomic E-state index is 0. The van der Waals surface area contributed by atoms with Crippen molar-refractivity contribution in [3.63, 3.8) is 0 Å². The van der Waals surface area contributed by atoms with Crippen molar-refractivity contribution < 1.29 is 76.3 Å². The fourth-order valence-corrected chi connectivity index (χ4v) is 5.47. The van der Waals surface area contributed by atoms with Crippen LogP contribution in [0.2, 0.25) is 0 Å². The van der Waals surface area contributed by atoms with Crippen molar-refractivity contribution in [3.05, 3.63) is 84.0 Å². The van der Waals surface area contributed by atoms with Gasteiger partial charge < -0.3 is 48.0 Å². The topological polar surface area (TPSA) is 92.4 Å². The van der Waals surface area contributed by atoms with E-state index in [1.165, 1.54) is 9.80 Å². The zero-order chi connectivity index (χ0) is 26.6. The summed E-state index contributed by atoms with van der Waals surface area (Å²) in [6, 6.07) is 6.46. The number of hydrogen-bond acceptors (Lipinski definition) is 4. The van der Waals surface area contributed by atoms with Gasteiger partial charge in [0.15, 0.2) is 0 Å². The highest BCUT2D eigenvalue weighted by Gasteiger charge is 2.39. The maximum atomic E-state index is 13.4. The van der Waals surface area contributed by atoms with Gasteiger partial charge in [0.1, 0.15) is 24.8 Å². The van der Waals surface area contributed by atoms with Gasteiger partial charge in [0.25, 0.3) is 23.6 Å². The molecule has 2 aromatic carbocycles. The molecule has 0 atom stereocenters. The molecule has 2 aromatic heterocycles. The van der Waals surface area contributed by atoms with Crippen LogP contribution in [0.1, 0.15) is 54.3 Å². The van der Waals surface area contributed by atoms with Crippen molar-refractivity contribution in [3.8, 4) is 0 Å². The summed E-state index contributed by atoms with van der Waals surface area (Å²) in [5, 5.41) is 0.815. The van der Waals surface area contributed by atoms with Gasteiger partial charge in [-0.2, -0.15) is 0 Å². The molecule has 0 saturated carbocycles. The third-order valence-electron chi connectivity index (χ3n) is 7.31. The third-order valence-corrected chi connectivity index (χ3v) is 7.31. The van der Waals surface area contributed by atoms with Gasteiger partial charge in [-0.05, 0) is 24.3 Å². The molecule has 0 fully saturated rings. The normalized spacial score (nSPS) is 14.1. The van der Waals surface area contributed by atoms with E-state index in [0.29, 0.717) is 59.0 Å². The second kappa shape index (κ2) is 11.8. The van der Waals surface area contributed by atoms with Gasteiger partial charge >= 0.3 is 0 Å². The van der Waals surface area contributed by atoms with E-state index in [4.69, 9.17) is 0 Å². The summed E-state index contributed by atoms with van der Waals surface area (Å²) < 4.78 is 7.86. The molecule has 0 radical (unpaired) electrons. The molecule has 4 aromatic rings. The Morgan fingerprint density at radius 3 is 1.15 bits per heavy atom. The Labute approximate surface area is 265 Å². The van der Waals surface area contributed by atoms with Crippen LogP contribution in [0.5, 0.6) is 0 Å². The Kier molecular flexibility index (Phi) is 8.77. The Morgan fingerprint density at radius 2 is 0.875 bits per heavy atom. The van der Waals surface area contributed by atoms with Crippen LogP contribution in [0.15, 0.2) is 61.7 Å². The van der Waals surface area contributed by atoms with Gasteiger partial charge in [0.2, 0.25) is 12.7 Å². The molecule has 2 aliphatic rings. The summed E-state index contributed by atoms with van der Waals surface area (Å²) in [7, 11) is 3.86. The summed E-state index contributed by atoms with van der Waals surface area (Å²) in [5.41, 5.74) is 1.40. The first-order valence-corrected chi connectivity index (χ1v) is 12.7. The lowest BCUT2D eigenvalue weighted by Gasteiger charge is -2.31. The van der Waals surface area contributed by atoms with Crippen LogP contribution in [0.4, 0.5) is 0 Å². The second-order valence-corrected chi connectivity index (χ2v) is 9.94. The number of amides is 4. The molecule has 0 unspecified atom stereocenters. The Bertz CT molecular complexity index is 1470. The lowest BCUT2D eigenvalue weighted by molar-refractivity contribution is -0.671. The first kappa shape index (κ1) is 29.8. The Hall–Kier alpha value is -3.14. The van der Waals surface area contributed by atoms with Crippen LogP contribution in [0.25, 0.3) is 10.8 Å². The number of hydrogen-bond donors (Lipinski definition) is 0. The van der Waals surface area contributed by atoms with Crippen LogP contribution in [0.3, 0.4) is 0 Å². The standard InChI is InChI=1S/C28H28N6O4.2HI/c1-29-13-15-31(17-29)9-3-11-33-25(35)19-5-7-21-24-22(8-6-20(23(19)24)26(33)36)28(38)34(27(21)37)12-4-10-32-16-14-30(2)18-32;;/h5-8,13-18H,3-4,9-12H2,1-2H3;2*1H/q+2;;/p-2. The average molecular weight is 766 g/mol. The van der Waals surface area contributed by atoms with Crippen molar-refractivity contribution in [2.24, 2.45) is 14.1 Å². The highest BCUT2D eigenvalue weighted by atomic mass is 127. The molecule has 40 heavy (non-hydrogen) atoms. The van der Waals surface area contributed by atoms with Gasteiger partial charge in [-0.15, -0.1) is 0 Å². The number of imide groups is 2. The number of carbonyl (C=O) groups is 4. The fourth-order valence-electron chi connectivity index (χ4n) is 5.47. The first-order valence-electron chi connectivity index (χ1n) is 12.7. The summed E-state index contributed by atoms with van der Waals surface area (Å²) >= 11 is 0. The van der Waals surface area contributed by atoms with Crippen molar-refractivity contribution in [2.45, 2.75) is 25.9 Å². The van der Waals surface area contributed by atoms with Crippen molar-refractivity contribution in [1.82, 2.24) is 18.9 Å². The van der Waals surface area contributed by atoms with Crippen LogP contribution in [0, 0.1) is 0 Å². The van der Waals surface area contributed by atoms with Gasteiger partial charge in [-0.25, -0.2) is 18.3 Å². The van der Waals surface area contributed by atoms with Crippen LogP contribution in [-0.4, -0.2) is 55.7 Å². The minimum atomic E-state index is -0.397. The van der Waals surface area contributed by atoms with E-state index >= 15 is 0 Å². The van der Waals surface area contributed by atoms with Crippen molar-refractivity contribution in [2.75, 3.05) is 13.1 Å². The van der Waals surface area contributed by atoms with E-state index in [2.05, 4.69) is 0 Å². The SMILES string of the molecule is C[n+]1ccn(CCCN2C(=O)c3ccc4c5c(ccc(c35)C2=O)C(=O)N(CCCn2cc[n+](C)c2)C4=O)c1.[I-].[I-]. The zero-order valence-electron chi connectivity index (χ0n) is 22.1. The number of rotatable bonds is 8. The van der Waals surface area contributed by atoms with Crippen molar-refractivity contribution >= 4 is 34.4 Å². The molecular weight excluding hydrogens is 738 g/mol. The number of imidazole rings is 2. The van der Waals surface area contributed by atoms with E-state index < -0.39 is 23.6 Å². The van der Waals surface area contributed by atoms with E-state index in [1.54, 1.807) is 24.3 Å². The molecule has 12 heteroatoms. The van der Waals surface area contributed by atoms with Crippen LogP contribution >= 0.6 is 0 Å². The highest BCUT2D eigenvalue weighted by molar-refractivity contribution is 6.33. The minimum Gasteiger partial charge on any atom is -1.00 e. The predicted octanol–water partition coefficient (Wildman–Crippen LogP) is -4.53. The molecule has 6 rings (SSSR count). The van der Waals surface area contributed by atoms with Gasteiger partial charge in [0.05, 0.1) is 27.2 Å². The molecule has 4 amide bonds. The molecular formula is C28H28I2N6O4. The van der Waals surface area contributed by atoms with Gasteiger partial charge in [-0.3, -0.25) is 29.0 Å². The van der Waals surface area contributed by atoms with Gasteiger partial charge in [0, 0.05) is 59.0 Å². The van der Waals surface area contributed by atoms with Crippen LogP contribution in [-0.2, 0) is 27.2 Å². The number of benzene rings is 2. The molecule has 10 nitrogen and oxygen atoms in total. The van der Waals surface area contributed by atoms with E-state index in [9.17, 15) is 19.2 Å². The Balaban J connectivity index is 0.00000185. The average Bonchev–Trinajstić information content (AvgIpc) is 3.52. The van der Waals surface area contributed by atoms with E-state index in [0.717, 1.165) is 0 Å². The molecule has 2 aliphatic heterocycles. The molecule has 0 spiro atoms. The first-order chi connectivity index (χ1) is 18.3. The van der Waals surface area contributed by atoms with Crippen LogP contribution < -0.4 is 57.1 Å². The smallest absolute Gasteiger partial charge is 0.261 e. The lowest BCUT2D eigenvalue weighted by atomic mass is 9.86. The summed E-state index contributed by atoms with van der Waals surface area (Å²) in [5.74, 6) is -1.59.